The van der Waals surface area contributed by atoms with Gasteiger partial charge in [0.05, 0.1) is 12.9 Å². The second-order valence-corrected chi connectivity index (χ2v) is 11.5. The number of likely N-dealkylation sites (tertiary alicyclic amines) is 1. The molecule has 2 aliphatic rings. The highest BCUT2D eigenvalue weighted by Crippen LogP contribution is 2.39. The van der Waals surface area contributed by atoms with Crippen molar-refractivity contribution in [2.24, 2.45) is 0 Å². The van der Waals surface area contributed by atoms with Gasteiger partial charge < -0.3 is 25.6 Å². The van der Waals surface area contributed by atoms with Crippen LogP contribution >= 0.6 is 0 Å². The zero-order chi connectivity index (χ0) is 30.8. The molecule has 234 valence electrons. The van der Waals surface area contributed by atoms with E-state index in [1.165, 1.54) is 15.9 Å². The molecule has 0 spiro atoms. The van der Waals surface area contributed by atoms with Gasteiger partial charge in [0.2, 0.25) is 11.8 Å². The number of rotatable bonds is 11. The van der Waals surface area contributed by atoms with Crippen LogP contribution in [0.2, 0.25) is 0 Å². The highest BCUT2D eigenvalue weighted by atomic mass is 16.6. The number of aliphatic hydroxyl groups excluding tert-OH is 2. The standard InChI is InChI=1S/C31H37N11O3/c1-2-42-38-28(37-39-42)26-24(43)25(44)30(45-26)41-19-33-23-27(32-15-13-20-9-5-3-6-10-20)35-31(36-29(23)41)34-22-14-16-40(18-22)17-21-11-7-4-8-12-21/h3-12,19,22,24-26,30,43-44H,2,13-18H2,1H3,(H2,32,34,35,36)/t22?,24-,25+,26-,30+/m0/s1. The van der Waals surface area contributed by atoms with Crippen LogP contribution in [-0.2, 0) is 24.2 Å². The average molecular weight is 612 g/mol. The fourth-order valence-electron chi connectivity index (χ4n) is 5.98. The van der Waals surface area contributed by atoms with Crippen molar-refractivity contribution < 1.29 is 14.9 Å². The Morgan fingerprint density at radius 3 is 2.51 bits per heavy atom. The van der Waals surface area contributed by atoms with Gasteiger partial charge in [0.15, 0.2) is 29.3 Å². The van der Waals surface area contributed by atoms with E-state index in [0.717, 1.165) is 32.5 Å². The summed E-state index contributed by atoms with van der Waals surface area (Å²) in [7, 11) is 0. The fourth-order valence-corrected chi connectivity index (χ4v) is 5.98. The highest BCUT2D eigenvalue weighted by molar-refractivity contribution is 5.84. The number of fused-ring (bicyclic) bond motifs is 1. The van der Waals surface area contributed by atoms with Crippen molar-refractivity contribution in [3.05, 3.63) is 83.9 Å². The molecule has 0 radical (unpaired) electrons. The first-order valence-electron chi connectivity index (χ1n) is 15.4. The number of ether oxygens (including phenoxy) is 1. The number of anilines is 2. The zero-order valence-corrected chi connectivity index (χ0v) is 25.0. The molecule has 3 aromatic heterocycles. The lowest BCUT2D eigenvalue weighted by atomic mass is 10.1. The van der Waals surface area contributed by atoms with Crippen LogP contribution in [0, 0.1) is 0 Å². The van der Waals surface area contributed by atoms with Gasteiger partial charge in [-0.2, -0.15) is 14.8 Å². The van der Waals surface area contributed by atoms with Crippen molar-refractivity contribution >= 4 is 22.9 Å². The number of hydrogen-bond acceptors (Lipinski definition) is 12. The van der Waals surface area contributed by atoms with E-state index in [2.05, 4.69) is 72.3 Å². The minimum absolute atomic E-state index is 0.159. The van der Waals surface area contributed by atoms with E-state index in [0.29, 0.717) is 36.0 Å². The van der Waals surface area contributed by atoms with E-state index in [4.69, 9.17) is 14.7 Å². The van der Waals surface area contributed by atoms with E-state index in [-0.39, 0.29) is 11.9 Å². The summed E-state index contributed by atoms with van der Waals surface area (Å²) >= 11 is 0. The Bertz CT molecular complexity index is 1710. The molecule has 1 unspecified atom stereocenters. The molecule has 14 heteroatoms. The number of benzene rings is 2. The molecule has 0 aliphatic carbocycles. The lowest BCUT2D eigenvalue weighted by molar-refractivity contribution is -0.0384. The van der Waals surface area contributed by atoms with Crippen molar-refractivity contribution in [1.29, 1.82) is 0 Å². The largest absolute Gasteiger partial charge is 0.387 e. The third kappa shape index (κ3) is 6.22. The van der Waals surface area contributed by atoms with Gasteiger partial charge in [-0.15, -0.1) is 10.2 Å². The smallest absolute Gasteiger partial charge is 0.227 e. The van der Waals surface area contributed by atoms with Crippen molar-refractivity contribution in [1.82, 2.24) is 44.6 Å². The summed E-state index contributed by atoms with van der Waals surface area (Å²) in [6, 6.07) is 20.9. The number of nitrogens with zero attached hydrogens (tertiary/aromatic N) is 9. The molecule has 0 saturated carbocycles. The zero-order valence-electron chi connectivity index (χ0n) is 25.0. The van der Waals surface area contributed by atoms with Crippen LogP contribution in [0.25, 0.3) is 11.2 Å². The van der Waals surface area contributed by atoms with Crippen LogP contribution in [0.1, 0.15) is 42.6 Å². The van der Waals surface area contributed by atoms with Crippen molar-refractivity contribution in [3.63, 3.8) is 0 Å². The van der Waals surface area contributed by atoms with Gasteiger partial charge in [0.25, 0.3) is 0 Å². The molecule has 4 N–H and O–H groups in total. The number of imidazole rings is 1. The summed E-state index contributed by atoms with van der Waals surface area (Å²) in [6.45, 7) is 5.75. The van der Waals surface area contributed by atoms with Crippen LogP contribution < -0.4 is 10.6 Å². The van der Waals surface area contributed by atoms with Crippen LogP contribution in [-0.4, -0.2) is 92.7 Å². The topological polar surface area (TPSA) is 164 Å². The minimum atomic E-state index is -1.27. The Morgan fingerprint density at radius 2 is 1.76 bits per heavy atom. The highest BCUT2D eigenvalue weighted by Gasteiger charge is 2.47. The van der Waals surface area contributed by atoms with E-state index >= 15 is 0 Å². The van der Waals surface area contributed by atoms with Gasteiger partial charge in [0.1, 0.15) is 12.2 Å². The minimum Gasteiger partial charge on any atom is -0.387 e. The SMILES string of the molecule is CCn1nnc([C@H]2O[C@@H](n3cnc4c(NCCc5ccccc5)nc(NC5CCN(Cc6ccccc6)C5)nc43)[C@H](O)[C@@H]2O)n1. The second kappa shape index (κ2) is 12.9. The summed E-state index contributed by atoms with van der Waals surface area (Å²) in [6.07, 6.45) is -1.16. The molecule has 0 bridgehead atoms. The van der Waals surface area contributed by atoms with Crippen molar-refractivity contribution in [2.75, 3.05) is 30.3 Å². The molecule has 0 amide bonds. The first kappa shape index (κ1) is 29.2. The third-order valence-electron chi connectivity index (χ3n) is 8.34. The third-order valence-corrected chi connectivity index (χ3v) is 8.34. The maximum Gasteiger partial charge on any atom is 0.227 e. The number of nitrogens with one attached hydrogen (secondary N) is 2. The molecule has 5 aromatic rings. The molecule has 2 saturated heterocycles. The molecule has 2 aliphatic heterocycles. The predicted molar refractivity (Wildman–Crippen MR) is 166 cm³/mol. The quantitative estimate of drug-likeness (QED) is 0.172. The first-order valence-corrected chi connectivity index (χ1v) is 15.4. The maximum atomic E-state index is 11.1. The van der Waals surface area contributed by atoms with Crippen LogP contribution in [0.3, 0.4) is 0 Å². The molecular formula is C31H37N11O3. The Hall–Kier alpha value is -4.50. The second-order valence-electron chi connectivity index (χ2n) is 11.5. The number of aliphatic hydroxyl groups is 2. The lowest BCUT2D eigenvalue weighted by Crippen LogP contribution is -2.29. The first-order chi connectivity index (χ1) is 22.1. The summed E-state index contributed by atoms with van der Waals surface area (Å²) < 4.78 is 7.78. The molecule has 2 fully saturated rings. The average Bonchev–Trinajstić information content (AvgIpc) is 3.86. The van der Waals surface area contributed by atoms with Gasteiger partial charge in [-0.05, 0) is 36.1 Å². The van der Waals surface area contributed by atoms with E-state index in [1.807, 2.05) is 31.2 Å². The summed E-state index contributed by atoms with van der Waals surface area (Å²) in [5, 5.41) is 41.2. The number of tetrazole rings is 1. The van der Waals surface area contributed by atoms with Gasteiger partial charge in [-0.25, -0.2) is 4.98 Å². The van der Waals surface area contributed by atoms with E-state index in [9.17, 15) is 10.2 Å². The normalized spacial score (nSPS) is 23.6. The van der Waals surface area contributed by atoms with Gasteiger partial charge in [0, 0.05) is 32.2 Å². The molecule has 7 rings (SSSR count). The van der Waals surface area contributed by atoms with Gasteiger partial charge >= 0.3 is 0 Å². The van der Waals surface area contributed by atoms with Crippen LogP contribution in [0.15, 0.2) is 67.0 Å². The molecule has 5 atom stereocenters. The summed E-state index contributed by atoms with van der Waals surface area (Å²) in [5.74, 6) is 1.24. The molecule has 2 aromatic carbocycles. The van der Waals surface area contributed by atoms with E-state index < -0.39 is 24.5 Å². The number of aryl methyl sites for hydroxylation is 1. The summed E-state index contributed by atoms with van der Waals surface area (Å²) in [4.78, 5) is 18.1. The Morgan fingerprint density at radius 1 is 0.978 bits per heavy atom. The predicted octanol–water partition coefficient (Wildman–Crippen LogP) is 2.17. The monoisotopic (exact) mass is 611 g/mol. The molecular weight excluding hydrogens is 574 g/mol. The van der Waals surface area contributed by atoms with Crippen LogP contribution in [0.5, 0.6) is 0 Å². The maximum absolute atomic E-state index is 11.1. The Kier molecular flexibility index (Phi) is 8.35. The Balaban J connectivity index is 1.14. The van der Waals surface area contributed by atoms with Gasteiger partial charge in [-0.1, -0.05) is 60.7 Å². The van der Waals surface area contributed by atoms with Crippen molar-refractivity contribution in [3.8, 4) is 0 Å². The fraction of sp³-hybridized carbons (Fsp3) is 0.419. The lowest BCUT2D eigenvalue weighted by Gasteiger charge is -2.19. The van der Waals surface area contributed by atoms with Crippen molar-refractivity contribution in [2.45, 2.75) is 63.4 Å². The van der Waals surface area contributed by atoms with Gasteiger partial charge in [-0.3, -0.25) is 9.47 Å². The van der Waals surface area contributed by atoms with E-state index in [1.54, 1.807) is 10.9 Å². The van der Waals surface area contributed by atoms with Crippen LogP contribution in [0.4, 0.5) is 11.8 Å². The molecule has 45 heavy (non-hydrogen) atoms. The number of hydrogen-bond donors (Lipinski definition) is 4. The molecule has 5 heterocycles. The Labute approximate surface area is 260 Å². The summed E-state index contributed by atoms with van der Waals surface area (Å²) in [5.41, 5.74) is 3.50. The molecule has 14 nitrogen and oxygen atoms in total. The number of aromatic nitrogens is 8.